The lowest BCUT2D eigenvalue weighted by Gasteiger charge is -2.29. The van der Waals surface area contributed by atoms with Crippen molar-refractivity contribution in [3.63, 3.8) is 0 Å². The van der Waals surface area contributed by atoms with Gasteiger partial charge in [-0.25, -0.2) is 0 Å². The maximum absolute atomic E-state index is 13.3. The van der Waals surface area contributed by atoms with Gasteiger partial charge >= 0.3 is 0 Å². The molecule has 2 amide bonds. The first-order chi connectivity index (χ1) is 17.7. The SMILES string of the molecule is CC[C@H]1C[C@@H]2C[C@H]3[C@H]4/C=C\[C@H]5C(=O)NCC[C@H](O)[C@@H]6NC(=O)C(=C(O)[C@H]5/C=C\[C@H]4[C@H](O)[C@H]3[C@@H]2[C@H]1C)C6=O. The summed E-state index contributed by atoms with van der Waals surface area (Å²) in [5.41, 5.74) is -0.388. The molecule has 0 aromatic heterocycles. The Labute approximate surface area is 217 Å². The fourth-order valence-corrected chi connectivity index (χ4v) is 9.03. The molecule has 0 radical (unpaired) electrons. The fraction of sp³-hybridized carbons (Fsp3) is 0.690. The second-order valence-electron chi connectivity index (χ2n) is 12.3. The minimum absolute atomic E-state index is 0.0958. The van der Waals surface area contributed by atoms with Crippen molar-refractivity contribution < 1.29 is 29.7 Å². The van der Waals surface area contributed by atoms with E-state index in [0.29, 0.717) is 29.6 Å². The number of amides is 2. The van der Waals surface area contributed by atoms with Crippen LogP contribution >= 0.6 is 0 Å². The number of allylic oxidation sites excluding steroid dienone is 2. The zero-order chi connectivity index (χ0) is 26.2. The average molecular weight is 511 g/mol. The van der Waals surface area contributed by atoms with Crippen molar-refractivity contribution >= 4 is 17.6 Å². The number of hydrogen-bond acceptors (Lipinski definition) is 6. The summed E-state index contributed by atoms with van der Waals surface area (Å²) in [5, 5.41) is 38.6. The van der Waals surface area contributed by atoms with Gasteiger partial charge in [0, 0.05) is 12.5 Å². The van der Waals surface area contributed by atoms with Crippen LogP contribution in [0, 0.1) is 59.2 Å². The predicted octanol–water partition coefficient (Wildman–Crippen LogP) is 1.65. The van der Waals surface area contributed by atoms with Crippen LogP contribution in [0.2, 0.25) is 0 Å². The molecule has 2 heterocycles. The van der Waals surface area contributed by atoms with Crippen molar-refractivity contribution in [1.29, 1.82) is 0 Å². The molecule has 1 saturated heterocycles. The second kappa shape index (κ2) is 9.09. The number of fused-ring (bicyclic) bond motifs is 8. The van der Waals surface area contributed by atoms with Crippen molar-refractivity contribution in [1.82, 2.24) is 10.6 Å². The van der Waals surface area contributed by atoms with E-state index in [1.54, 1.807) is 6.08 Å². The van der Waals surface area contributed by atoms with E-state index in [4.69, 9.17) is 0 Å². The van der Waals surface area contributed by atoms with Crippen molar-refractivity contribution in [3.05, 3.63) is 35.6 Å². The summed E-state index contributed by atoms with van der Waals surface area (Å²) in [6.07, 6.45) is 9.41. The van der Waals surface area contributed by atoms with Gasteiger partial charge in [0.1, 0.15) is 17.4 Å². The third kappa shape index (κ3) is 3.66. The van der Waals surface area contributed by atoms with Gasteiger partial charge in [-0.05, 0) is 60.7 Å². The Kier molecular flexibility index (Phi) is 6.10. The average Bonchev–Trinajstić information content (AvgIpc) is 3.52. The van der Waals surface area contributed by atoms with E-state index in [1.807, 2.05) is 18.2 Å². The van der Waals surface area contributed by atoms with Crippen LogP contribution < -0.4 is 10.6 Å². The Morgan fingerprint density at radius 2 is 1.70 bits per heavy atom. The Balaban J connectivity index is 1.37. The quantitative estimate of drug-likeness (QED) is 0.269. The van der Waals surface area contributed by atoms with Gasteiger partial charge in [-0.1, -0.05) is 44.6 Å². The van der Waals surface area contributed by atoms with E-state index in [1.165, 1.54) is 12.8 Å². The lowest BCUT2D eigenvalue weighted by molar-refractivity contribution is -0.125. The van der Waals surface area contributed by atoms with E-state index >= 15 is 0 Å². The van der Waals surface area contributed by atoms with E-state index in [0.717, 1.165) is 6.42 Å². The molecule has 8 nitrogen and oxygen atoms in total. The van der Waals surface area contributed by atoms with Gasteiger partial charge in [-0.15, -0.1) is 0 Å². The number of Topliss-reactive ketones (excluding diaryl/α,β-unsaturated/α-hetero) is 1. The van der Waals surface area contributed by atoms with Crippen LogP contribution in [0.15, 0.2) is 35.6 Å². The summed E-state index contributed by atoms with van der Waals surface area (Å²) >= 11 is 0. The predicted molar refractivity (Wildman–Crippen MR) is 135 cm³/mol. The molecule has 2 bridgehead atoms. The molecule has 37 heavy (non-hydrogen) atoms. The molecule has 6 rings (SSSR count). The lowest BCUT2D eigenvalue weighted by atomic mass is 9.78. The van der Waals surface area contributed by atoms with Crippen molar-refractivity contribution in [2.75, 3.05) is 6.54 Å². The summed E-state index contributed by atoms with van der Waals surface area (Å²) in [4.78, 5) is 38.9. The van der Waals surface area contributed by atoms with Gasteiger partial charge in [-0.3, -0.25) is 14.4 Å². The molecule has 13 atom stereocenters. The molecular formula is C29H38N2O6. The van der Waals surface area contributed by atoms with Crippen LogP contribution in [-0.2, 0) is 14.4 Å². The highest BCUT2D eigenvalue weighted by Gasteiger charge is 2.61. The Morgan fingerprint density at radius 1 is 0.973 bits per heavy atom. The topological polar surface area (TPSA) is 136 Å². The zero-order valence-electron chi connectivity index (χ0n) is 21.4. The molecule has 0 aromatic rings. The van der Waals surface area contributed by atoms with E-state index in [-0.39, 0.29) is 42.2 Å². The van der Waals surface area contributed by atoms with E-state index in [2.05, 4.69) is 24.5 Å². The zero-order valence-corrected chi connectivity index (χ0v) is 21.4. The molecule has 0 aromatic carbocycles. The van der Waals surface area contributed by atoms with Gasteiger partial charge in [-0.2, -0.15) is 0 Å². The number of aliphatic hydroxyl groups excluding tert-OH is 3. The summed E-state index contributed by atoms with van der Waals surface area (Å²) in [7, 11) is 0. The van der Waals surface area contributed by atoms with Gasteiger partial charge in [0.05, 0.1) is 24.0 Å². The standard InChI is InChI=1S/C29H38N2O6/c1-3-13-10-14-11-19-15-4-7-18-17(6-5-16(15)25(33)22(19)21(14)12(13)2)26(34)23-27(35)24(31-29(23)37)20(32)8-9-30-28(18)36/h4-7,12-22,24-25,32-34H,3,8-11H2,1-2H3,(H,30,36)(H,31,37)/b6-5-,7-4-,26-23?/t12-,13-,14+,15-,16+,17-,18+,19-,20-,21+,22+,24-,25-/m0/s1. The number of hydrogen-bond donors (Lipinski definition) is 5. The van der Waals surface area contributed by atoms with Gasteiger partial charge in [0.15, 0.2) is 5.78 Å². The van der Waals surface area contributed by atoms with Crippen LogP contribution in [-0.4, -0.2) is 57.7 Å². The monoisotopic (exact) mass is 510 g/mol. The number of carbonyl (C=O) groups excluding carboxylic acids is 3. The minimum atomic E-state index is -1.17. The first kappa shape index (κ1) is 24.9. The maximum Gasteiger partial charge on any atom is 0.259 e. The van der Waals surface area contributed by atoms with Gasteiger partial charge in [0.2, 0.25) is 5.91 Å². The Hall–Kier alpha value is -2.45. The summed E-state index contributed by atoms with van der Waals surface area (Å²) in [6.45, 7) is 4.75. The van der Waals surface area contributed by atoms with Crippen LogP contribution in [0.1, 0.15) is 39.5 Å². The molecule has 3 saturated carbocycles. The van der Waals surface area contributed by atoms with Gasteiger partial charge in [0.25, 0.3) is 5.91 Å². The molecular weight excluding hydrogens is 472 g/mol. The summed E-state index contributed by atoms with van der Waals surface area (Å²) < 4.78 is 0. The molecule has 4 aliphatic carbocycles. The number of rotatable bonds is 1. The highest BCUT2D eigenvalue weighted by atomic mass is 16.3. The molecule has 200 valence electrons. The van der Waals surface area contributed by atoms with Crippen LogP contribution in [0.25, 0.3) is 0 Å². The largest absolute Gasteiger partial charge is 0.511 e. The first-order valence-corrected chi connectivity index (χ1v) is 14.0. The number of ketones is 1. The molecule has 4 fully saturated rings. The highest BCUT2D eigenvalue weighted by molar-refractivity contribution is 6.27. The minimum Gasteiger partial charge on any atom is -0.511 e. The van der Waals surface area contributed by atoms with Crippen LogP contribution in [0.4, 0.5) is 0 Å². The normalized spacial score (nSPS) is 50.6. The Morgan fingerprint density at radius 3 is 2.46 bits per heavy atom. The lowest BCUT2D eigenvalue weighted by Crippen LogP contribution is -2.43. The third-order valence-electron chi connectivity index (χ3n) is 10.8. The maximum atomic E-state index is 13.3. The van der Waals surface area contributed by atoms with E-state index < -0.39 is 47.5 Å². The fourth-order valence-electron chi connectivity index (χ4n) is 9.03. The van der Waals surface area contributed by atoms with Gasteiger partial charge < -0.3 is 26.0 Å². The molecule has 2 aliphatic heterocycles. The second-order valence-corrected chi connectivity index (χ2v) is 12.3. The summed E-state index contributed by atoms with van der Waals surface area (Å²) in [6, 6.07) is -1.14. The highest BCUT2D eigenvalue weighted by Crippen LogP contribution is 2.64. The van der Waals surface area contributed by atoms with Crippen molar-refractivity contribution in [2.24, 2.45) is 59.2 Å². The number of aliphatic hydroxyl groups is 3. The summed E-state index contributed by atoms with van der Waals surface area (Å²) in [5.74, 6) is -0.963. The Bertz CT molecular complexity index is 1100. The molecule has 0 unspecified atom stereocenters. The van der Waals surface area contributed by atoms with Crippen LogP contribution in [0.3, 0.4) is 0 Å². The number of carbonyl (C=O) groups is 3. The van der Waals surface area contributed by atoms with Crippen molar-refractivity contribution in [2.45, 2.75) is 57.8 Å². The van der Waals surface area contributed by atoms with Crippen LogP contribution in [0.5, 0.6) is 0 Å². The molecule has 8 heteroatoms. The van der Waals surface area contributed by atoms with E-state index in [9.17, 15) is 29.7 Å². The van der Waals surface area contributed by atoms with Crippen molar-refractivity contribution in [3.8, 4) is 0 Å². The smallest absolute Gasteiger partial charge is 0.259 e. The number of nitrogens with one attached hydrogen (secondary N) is 2. The molecule has 6 aliphatic rings. The molecule has 5 N–H and O–H groups in total. The third-order valence-corrected chi connectivity index (χ3v) is 10.8. The first-order valence-electron chi connectivity index (χ1n) is 14.0. The molecule has 0 spiro atoms.